The molecule has 1 aliphatic carbocycles. The molecule has 0 aromatic rings. The van der Waals surface area contributed by atoms with Gasteiger partial charge in [0.1, 0.15) is 5.60 Å². The zero-order valence-corrected chi connectivity index (χ0v) is 13.9. The highest BCUT2D eigenvalue weighted by Crippen LogP contribution is 2.60. The molecule has 5 atom stereocenters. The maximum atomic E-state index is 12.6. The monoisotopic (exact) mass is 337 g/mol. The number of alkyl carbamates (subject to hydrolysis) is 1. The van der Waals surface area contributed by atoms with Crippen LogP contribution in [0.4, 0.5) is 4.79 Å². The Balaban J connectivity index is 1.52. The number of hydrogen-bond acceptors (Lipinski definition) is 6. The largest absolute Gasteiger partial charge is 0.461 e. The number of fused-ring (bicyclic) bond motifs is 3. The number of nitrogens with one attached hydrogen (secondary N) is 2. The van der Waals surface area contributed by atoms with E-state index < -0.39 is 18.0 Å². The van der Waals surface area contributed by atoms with E-state index in [4.69, 9.17) is 14.2 Å². The van der Waals surface area contributed by atoms with Crippen LogP contribution in [0.2, 0.25) is 0 Å². The third-order valence-electron chi connectivity index (χ3n) is 5.62. The van der Waals surface area contributed by atoms with Crippen molar-refractivity contribution in [3.05, 3.63) is 11.8 Å². The molecule has 24 heavy (non-hydrogen) atoms. The lowest BCUT2D eigenvalue weighted by Gasteiger charge is -2.36. The van der Waals surface area contributed by atoms with Gasteiger partial charge >= 0.3 is 6.09 Å². The van der Waals surface area contributed by atoms with Crippen molar-refractivity contribution in [3.8, 4) is 0 Å². The maximum absolute atomic E-state index is 12.6. The number of carbonyl (C=O) groups is 2. The van der Waals surface area contributed by atoms with Gasteiger partial charge in [0.2, 0.25) is 0 Å². The van der Waals surface area contributed by atoms with E-state index in [1.165, 1.54) is 13.3 Å². The molecule has 0 radical (unpaired) electrons. The van der Waals surface area contributed by atoms with Gasteiger partial charge in [0.25, 0.3) is 12.2 Å². The summed E-state index contributed by atoms with van der Waals surface area (Å²) in [7, 11) is 1.50. The van der Waals surface area contributed by atoms with Crippen molar-refractivity contribution < 1.29 is 23.8 Å². The van der Waals surface area contributed by atoms with Gasteiger partial charge in [-0.2, -0.15) is 0 Å². The molecule has 0 unspecified atom stereocenters. The fourth-order valence-corrected chi connectivity index (χ4v) is 4.24. The van der Waals surface area contributed by atoms with Gasteiger partial charge in [-0.05, 0) is 26.2 Å². The minimum atomic E-state index is -0.740. The Morgan fingerprint density at radius 2 is 2.12 bits per heavy atom. The number of carbonyl (C=O) groups excluding carboxylic acids is 2. The molecular formula is C16H23N3O5. The molecule has 2 N–H and O–H groups in total. The lowest BCUT2D eigenvalue weighted by molar-refractivity contribution is -0.143. The van der Waals surface area contributed by atoms with Crippen LogP contribution >= 0.6 is 0 Å². The van der Waals surface area contributed by atoms with Crippen molar-refractivity contribution in [1.82, 2.24) is 15.8 Å². The molecule has 8 nitrogen and oxygen atoms in total. The highest BCUT2D eigenvalue weighted by molar-refractivity contribution is 5.93. The standard InChI is InChI=1S/C16H23N3O5/c1-16-11(24-16)7-9-10(13(20)18-19-5-3-4-6-19)8-22-14(12(9)16)23-15(21)17-2/h8-9,11-12,14H,3-7H2,1-2H3,(H,17,21)(H,18,20)/t9-,11+,12+,14+,16+/m1/s1. The van der Waals surface area contributed by atoms with Crippen LogP contribution in [0.5, 0.6) is 0 Å². The molecule has 0 bridgehead atoms. The van der Waals surface area contributed by atoms with Crippen LogP contribution in [0.25, 0.3) is 0 Å². The Morgan fingerprint density at radius 1 is 1.38 bits per heavy atom. The molecule has 4 rings (SSSR count). The SMILES string of the molecule is CNC(=O)O[C@@H]1OC=C(C(=O)NN2CCCC2)[C@H]2C[C@@H]3O[C@]3(C)[C@H]12. The van der Waals surface area contributed by atoms with Gasteiger partial charge in [0.15, 0.2) is 0 Å². The molecule has 0 aromatic heterocycles. The second kappa shape index (κ2) is 5.63. The summed E-state index contributed by atoms with van der Waals surface area (Å²) in [6.45, 7) is 3.74. The number of rotatable bonds is 3. The average molecular weight is 337 g/mol. The molecule has 132 valence electrons. The van der Waals surface area contributed by atoms with Gasteiger partial charge in [-0.25, -0.2) is 9.80 Å². The number of hydrogen-bond donors (Lipinski definition) is 2. The third kappa shape index (κ3) is 2.44. The van der Waals surface area contributed by atoms with E-state index in [1.807, 2.05) is 11.9 Å². The van der Waals surface area contributed by atoms with E-state index >= 15 is 0 Å². The summed E-state index contributed by atoms with van der Waals surface area (Å²) in [6, 6.07) is 0. The summed E-state index contributed by atoms with van der Waals surface area (Å²) in [5.74, 6) is -0.334. The summed E-state index contributed by atoms with van der Waals surface area (Å²) in [5, 5.41) is 4.37. The average Bonchev–Trinajstić information content (AvgIpc) is 2.91. The molecule has 2 amide bonds. The second-order valence-electron chi connectivity index (χ2n) is 7.03. The van der Waals surface area contributed by atoms with E-state index in [0.29, 0.717) is 5.57 Å². The molecule has 2 saturated heterocycles. The Hall–Kier alpha value is -1.80. The first-order chi connectivity index (χ1) is 11.5. The lowest BCUT2D eigenvalue weighted by atomic mass is 9.82. The normalized spacial score (nSPS) is 40.0. The van der Waals surface area contributed by atoms with Gasteiger partial charge in [-0.15, -0.1) is 0 Å². The molecule has 0 spiro atoms. The van der Waals surface area contributed by atoms with Gasteiger partial charge in [0, 0.05) is 26.1 Å². The van der Waals surface area contributed by atoms with Crippen molar-refractivity contribution in [1.29, 1.82) is 0 Å². The molecule has 8 heteroatoms. The van der Waals surface area contributed by atoms with Crippen LogP contribution in [0.3, 0.4) is 0 Å². The summed E-state index contributed by atoms with van der Waals surface area (Å²) >= 11 is 0. The van der Waals surface area contributed by atoms with Crippen LogP contribution < -0.4 is 10.7 Å². The first-order valence-electron chi connectivity index (χ1n) is 8.50. The molecule has 4 aliphatic rings. The van der Waals surface area contributed by atoms with E-state index in [0.717, 1.165) is 32.4 Å². The van der Waals surface area contributed by atoms with Crippen molar-refractivity contribution in [3.63, 3.8) is 0 Å². The van der Waals surface area contributed by atoms with E-state index in [-0.39, 0.29) is 23.8 Å². The number of ether oxygens (including phenoxy) is 3. The highest BCUT2D eigenvalue weighted by Gasteiger charge is 2.70. The van der Waals surface area contributed by atoms with Gasteiger partial charge < -0.3 is 19.5 Å². The lowest BCUT2D eigenvalue weighted by Crippen LogP contribution is -2.47. The van der Waals surface area contributed by atoms with Crippen molar-refractivity contribution in [2.75, 3.05) is 20.1 Å². The summed E-state index contributed by atoms with van der Waals surface area (Å²) in [4.78, 5) is 24.2. The summed E-state index contributed by atoms with van der Waals surface area (Å²) < 4.78 is 16.7. The number of amides is 2. The predicted octanol–water partition coefficient (Wildman–Crippen LogP) is 0.503. The minimum Gasteiger partial charge on any atom is -0.461 e. The fraction of sp³-hybridized carbons (Fsp3) is 0.750. The molecule has 3 fully saturated rings. The van der Waals surface area contributed by atoms with Gasteiger partial charge in [-0.3, -0.25) is 10.2 Å². The summed E-state index contributed by atoms with van der Waals surface area (Å²) in [6.07, 6.45) is 3.19. The van der Waals surface area contributed by atoms with Crippen molar-refractivity contribution in [2.45, 2.75) is 44.2 Å². The van der Waals surface area contributed by atoms with Crippen LogP contribution in [-0.4, -0.2) is 55.1 Å². The summed E-state index contributed by atoms with van der Waals surface area (Å²) in [5.41, 5.74) is 3.18. The predicted molar refractivity (Wildman–Crippen MR) is 82.3 cm³/mol. The van der Waals surface area contributed by atoms with Crippen molar-refractivity contribution in [2.24, 2.45) is 11.8 Å². The Labute approximate surface area is 140 Å². The first-order valence-corrected chi connectivity index (χ1v) is 8.50. The molecular weight excluding hydrogens is 314 g/mol. The Morgan fingerprint density at radius 3 is 2.83 bits per heavy atom. The van der Waals surface area contributed by atoms with E-state index in [2.05, 4.69) is 10.7 Å². The molecule has 3 heterocycles. The zero-order valence-electron chi connectivity index (χ0n) is 13.9. The van der Waals surface area contributed by atoms with Crippen LogP contribution in [0.1, 0.15) is 26.2 Å². The number of epoxide rings is 1. The zero-order chi connectivity index (χ0) is 16.9. The second-order valence-corrected chi connectivity index (χ2v) is 7.03. The Kier molecular flexibility index (Phi) is 3.69. The molecule has 1 saturated carbocycles. The van der Waals surface area contributed by atoms with Gasteiger partial charge in [0.05, 0.1) is 23.9 Å². The topological polar surface area (TPSA) is 92.4 Å². The van der Waals surface area contributed by atoms with Gasteiger partial charge in [-0.1, -0.05) is 0 Å². The quantitative estimate of drug-likeness (QED) is 0.729. The third-order valence-corrected chi connectivity index (χ3v) is 5.62. The van der Waals surface area contributed by atoms with Crippen LogP contribution in [-0.2, 0) is 19.0 Å². The number of hydrazine groups is 1. The first kappa shape index (κ1) is 15.7. The molecule has 0 aromatic carbocycles. The Bertz CT molecular complexity index is 588. The smallest absolute Gasteiger partial charge is 0.409 e. The maximum Gasteiger partial charge on any atom is 0.409 e. The molecule has 3 aliphatic heterocycles. The minimum absolute atomic E-state index is 0.0280. The van der Waals surface area contributed by atoms with Crippen LogP contribution in [0.15, 0.2) is 11.8 Å². The van der Waals surface area contributed by atoms with E-state index in [9.17, 15) is 9.59 Å². The fourth-order valence-electron chi connectivity index (χ4n) is 4.24. The van der Waals surface area contributed by atoms with Crippen LogP contribution in [0, 0.1) is 11.8 Å². The highest BCUT2D eigenvalue weighted by atomic mass is 16.7. The van der Waals surface area contributed by atoms with Crippen molar-refractivity contribution >= 4 is 12.0 Å². The number of nitrogens with zero attached hydrogens (tertiary/aromatic N) is 1. The van der Waals surface area contributed by atoms with E-state index in [1.54, 1.807) is 0 Å².